The van der Waals surface area contributed by atoms with Crippen molar-refractivity contribution in [2.24, 2.45) is 0 Å². The third-order valence-corrected chi connectivity index (χ3v) is 6.32. The molecule has 1 N–H and O–H groups in total. The number of fused-ring (bicyclic) bond motifs is 4. The Hall–Kier alpha value is -3.08. The highest BCUT2D eigenvalue weighted by Gasteiger charge is 2.48. The first-order valence-electron chi connectivity index (χ1n) is 10.3. The number of para-hydroxylation sites is 1. The van der Waals surface area contributed by atoms with E-state index in [0.29, 0.717) is 13.0 Å². The lowest BCUT2D eigenvalue weighted by Gasteiger charge is -2.47. The van der Waals surface area contributed by atoms with Gasteiger partial charge in [-0.25, -0.2) is 0 Å². The van der Waals surface area contributed by atoms with E-state index in [-0.39, 0.29) is 24.4 Å². The standard InChI is InChI=1S/C24H25N3O2/c1-3-12-26-14-21(28)27-20(24(26)29)13-18-17-10-6-7-11-19(17)25-22(18)23(27)16-9-5-4-8-15(16)2/h4-11,20,23,25H,3,12-14H2,1-2H3/t20-,23-/m0/s1. The molecule has 2 aliphatic heterocycles. The molecule has 0 saturated carbocycles. The normalized spacial score (nSPS) is 21.4. The lowest BCUT2D eigenvalue weighted by Crippen LogP contribution is -2.63. The van der Waals surface area contributed by atoms with Crippen LogP contribution in [0, 0.1) is 6.92 Å². The number of amides is 2. The van der Waals surface area contributed by atoms with Crippen LogP contribution in [0.2, 0.25) is 0 Å². The molecule has 0 aliphatic carbocycles. The molecule has 5 nitrogen and oxygen atoms in total. The number of aryl methyl sites for hydroxylation is 1. The van der Waals surface area contributed by atoms with Gasteiger partial charge in [0.2, 0.25) is 11.8 Å². The maximum atomic E-state index is 13.3. The van der Waals surface area contributed by atoms with E-state index in [1.807, 2.05) is 36.1 Å². The molecule has 0 radical (unpaired) electrons. The average molecular weight is 387 g/mol. The highest BCUT2D eigenvalue weighted by Crippen LogP contribution is 2.43. The summed E-state index contributed by atoms with van der Waals surface area (Å²) < 4.78 is 0. The quantitative estimate of drug-likeness (QED) is 0.747. The van der Waals surface area contributed by atoms with E-state index in [4.69, 9.17) is 0 Å². The Labute approximate surface area is 170 Å². The molecule has 0 unspecified atom stereocenters. The molecule has 3 heterocycles. The maximum absolute atomic E-state index is 13.3. The zero-order valence-electron chi connectivity index (χ0n) is 16.8. The number of aromatic nitrogens is 1. The summed E-state index contributed by atoms with van der Waals surface area (Å²) >= 11 is 0. The molecule has 1 aromatic heterocycles. The fourth-order valence-electron chi connectivity index (χ4n) is 5.00. The first kappa shape index (κ1) is 18.0. The summed E-state index contributed by atoms with van der Waals surface area (Å²) in [6.07, 6.45) is 1.41. The number of nitrogens with zero attached hydrogens (tertiary/aromatic N) is 2. The van der Waals surface area contributed by atoms with Crippen molar-refractivity contribution >= 4 is 22.7 Å². The van der Waals surface area contributed by atoms with Gasteiger partial charge in [-0.2, -0.15) is 0 Å². The van der Waals surface area contributed by atoms with Crippen LogP contribution in [-0.4, -0.2) is 45.7 Å². The monoisotopic (exact) mass is 387 g/mol. The van der Waals surface area contributed by atoms with E-state index in [1.165, 1.54) is 0 Å². The van der Waals surface area contributed by atoms with Crippen molar-refractivity contribution in [2.75, 3.05) is 13.1 Å². The number of aromatic amines is 1. The number of piperazine rings is 1. The number of H-pyrrole nitrogens is 1. The van der Waals surface area contributed by atoms with E-state index in [1.54, 1.807) is 4.90 Å². The van der Waals surface area contributed by atoms with E-state index >= 15 is 0 Å². The minimum atomic E-state index is -0.445. The smallest absolute Gasteiger partial charge is 0.246 e. The van der Waals surface area contributed by atoms with Crippen molar-refractivity contribution < 1.29 is 9.59 Å². The second kappa shape index (κ2) is 6.76. The van der Waals surface area contributed by atoms with Gasteiger partial charge in [0.1, 0.15) is 6.04 Å². The van der Waals surface area contributed by atoms with Crippen LogP contribution in [0.4, 0.5) is 0 Å². The summed E-state index contributed by atoms with van der Waals surface area (Å²) in [5.74, 6) is 0.0987. The highest BCUT2D eigenvalue weighted by molar-refractivity contribution is 5.97. The molecule has 1 saturated heterocycles. The Bertz CT molecular complexity index is 1120. The Morgan fingerprint density at radius 3 is 2.62 bits per heavy atom. The van der Waals surface area contributed by atoms with Gasteiger partial charge < -0.3 is 14.8 Å². The van der Waals surface area contributed by atoms with Gasteiger partial charge in [0.05, 0.1) is 12.6 Å². The number of hydrogen-bond acceptors (Lipinski definition) is 2. The van der Waals surface area contributed by atoms with Gasteiger partial charge in [-0.05, 0) is 36.1 Å². The molecule has 2 aromatic carbocycles. The van der Waals surface area contributed by atoms with Crippen molar-refractivity contribution in [3.8, 4) is 0 Å². The molecule has 2 amide bonds. The van der Waals surface area contributed by atoms with Gasteiger partial charge in [0, 0.05) is 29.6 Å². The number of carbonyl (C=O) groups excluding carboxylic acids is 2. The summed E-state index contributed by atoms with van der Waals surface area (Å²) in [6.45, 7) is 4.91. The molecule has 2 atom stereocenters. The molecule has 5 rings (SSSR count). The second-order valence-electron chi connectivity index (χ2n) is 8.10. The molecule has 148 valence electrons. The molecule has 1 fully saturated rings. The van der Waals surface area contributed by atoms with Gasteiger partial charge in [0.25, 0.3) is 0 Å². The predicted octanol–water partition coefficient (Wildman–Crippen LogP) is 3.57. The fraction of sp³-hybridized carbons (Fsp3) is 0.333. The van der Waals surface area contributed by atoms with Crippen molar-refractivity contribution in [2.45, 2.75) is 38.8 Å². The predicted molar refractivity (Wildman–Crippen MR) is 113 cm³/mol. The number of nitrogens with one attached hydrogen (secondary N) is 1. The van der Waals surface area contributed by atoms with Gasteiger partial charge in [0.15, 0.2) is 0 Å². The van der Waals surface area contributed by atoms with Crippen molar-refractivity contribution in [1.29, 1.82) is 0 Å². The topological polar surface area (TPSA) is 56.4 Å². The number of hydrogen-bond donors (Lipinski definition) is 1. The van der Waals surface area contributed by atoms with Gasteiger partial charge in [-0.1, -0.05) is 49.4 Å². The molecule has 2 aliphatic rings. The summed E-state index contributed by atoms with van der Waals surface area (Å²) in [6, 6.07) is 15.7. The second-order valence-corrected chi connectivity index (χ2v) is 8.10. The number of benzene rings is 2. The van der Waals surface area contributed by atoms with Crippen LogP contribution >= 0.6 is 0 Å². The minimum absolute atomic E-state index is 0.0283. The van der Waals surface area contributed by atoms with E-state index in [0.717, 1.165) is 39.7 Å². The minimum Gasteiger partial charge on any atom is -0.356 e. The Morgan fingerprint density at radius 1 is 1.07 bits per heavy atom. The third-order valence-electron chi connectivity index (χ3n) is 6.32. The summed E-state index contributed by atoms with van der Waals surface area (Å²) in [7, 11) is 0. The maximum Gasteiger partial charge on any atom is 0.246 e. The average Bonchev–Trinajstić information content (AvgIpc) is 3.09. The van der Waals surface area contributed by atoms with E-state index in [9.17, 15) is 9.59 Å². The van der Waals surface area contributed by atoms with Gasteiger partial charge in [-0.15, -0.1) is 0 Å². The first-order chi connectivity index (χ1) is 14.1. The van der Waals surface area contributed by atoms with E-state index < -0.39 is 6.04 Å². The third kappa shape index (κ3) is 2.68. The molecule has 0 bridgehead atoms. The van der Waals surface area contributed by atoms with Gasteiger partial charge >= 0.3 is 0 Å². The Kier molecular flexibility index (Phi) is 4.19. The molecule has 5 heteroatoms. The summed E-state index contributed by atoms with van der Waals surface area (Å²) in [5.41, 5.74) is 5.46. The molecule has 3 aromatic rings. The van der Waals surface area contributed by atoms with Crippen LogP contribution in [-0.2, 0) is 16.0 Å². The molecular weight excluding hydrogens is 362 g/mol. The van der Waals surface area contributed by atoms with Crippen LogP contribution in [0.3, 0.4) is 0 Å². The summed E-state index contributed by atoms with van der Waals surface area (Å²) in [5, 5.41) is 1.15. The fourth-order valence-corrected chi connectivity index (χ4v) is 5.00. The summed E-state index contributed by atoms with van der Waals surface area (Å²) in [4.78, 5) is 33.8. The lowest BCUT2D eigenvalue weighted by molar-refractivity contribution is -0.158. The van der Waals surface area contributed by atoms with Crippen molar-refractivity contribution in [3.05, 3.63) is 70.9 Å². The highest BCUT2D eigenvalue weighted by atomic mass is 16.2. The van der Waals surface area contributed by atoms with Crippen LogP contribution in [0.25, 0.3) is 10.9 Å². The number of carbonyl (C=O) groups is 2. The number of rotatable bonds is 3. The molecular formula is C24H25N3O2. The zero-order chi connectivity index (χ0) is 20.1. The van der Waals surface area contributed by atoms with E-state index in [2.05, 4.69) is 36.2 Å². The zero-order valence-corrected chi connectivity index (χ0v) is 16.8. The Morgan fingerprint density at radius 2 is 1.83 bits per heavy atom. The van der Waals surface area contributed by atoms with Crippen LogP contribution in [0.5, 0.6) is 0 Å². The molecule has 29 heavy (non-hydrogen) atoms. The van der Waals surface area contributed by atoms with Crippen LogP contribution in [0.15, 0.2) is 48.5 Å². The van der Waals surface area contributed by atoms with Crippen molar-refractivity contribution in [3.63, 3.8) is 0 Å². The largest absolute Gasteiger partial charge is 0.356 e. The first-order valence-corrected chi connectivity index (χ1v) is 10.3. The van der Waals surface area contributed by atoms with Gasteiger partial charge in [-0.3, -0.25) is 9.59 Å². The van der Waals surface area contributed by atoms with Crippen molar-refractivity contribution in [1.82, 2.24) is 14.8 Å². The SMILES string of the molecule is CCCN1CC(=O)N2[C@@H](c3ccccc3C)c3[nH]c4ccccc4c3C[C@H]2C1=O. The molecule has 0 spiro atoms. The van der Waals surface area contributed by atoms with Crippen LogP contribution in [0.1, 0.15) is 41.8 Å². The Balaban J connectivity index is 1.73. The lowest BCUT2D eigenvalue weighted by atomic mass is 9.85. The van der Waals surface area contributed by atoms with Crippen LogP contribution < -0.4 is 0 Å².